The second kappa shape index (κ2) is 10.9. The van der Waals surface area contributed by atoms with Gasteiger partial charge in [-0.3, -0.25) is 4.79 Å². The van der Waals surface area contributed by atoms with E-state index in [1.165, 1.54) is 0 Å². The minimum absolute atomic E-state index is 0.0606. The molecule has 0 saturated carbocycles. The van der Waals surface area contributed by atoms with Gasteiger partial charge in [0.05, 0.1) is 16.5 Å². The Bertz CT molecular complexity index is 835. The number of benzene rings is 2. The SMILES string of the molecule is CN(C)c1ccc(CC(=O)NCCN2CCC(Oc3ccc(Cl)c(Cl)c3)CC2)cc1. The average molecular weight is 450 g/mol. The van der Waals surface area contributed by atoms with Gasteiger partial charge in [0.1, 0.15) is 11.9 Å². The number of halogens is 2. The lowest BCUT2D eigenvalue weighted by Crippen LogP contribution is -2.42. The van der Waals surface area contributed by atoms with Gasteiger partial charge in [-0.2, -0.15) is 0 Å². The quantitative estimate of drug-likeness (QED) is 0.653. The van der Waals surface area contributed by atoms with Crippen molar-refractivity contribution in [2.45, 2.75) is 25.4 Å². The topological polar surface area (TPSA) is 44.8 Å². The van der Waals surface area contributed by atoms with Crippen LogP contribution in [0.15, 0.2) is 42.5 Å². The number of hydrogen-bond donors (Lipinski definition) is 1. The maximum absolute atomic E-state index is 12.2. The Hall–Kier alpha value is -1.95. The maximum Gasteiger partial charge on any atom is 0.224 e. The van der Waals surface area contributed by atoms with Crippen molar-refractivity contribution < 1.29 is 9.53 Å². The molecule has 1 aliphatic heterocycles. The van der Waals surface area contributed by atoms with Gasteiger partial charge in [-0.05, 0) is 42.7 Å². The van der Waals surface area contributed by atoms with Crippen LogP contribution in [0.25, 0.3) is 0 Å². The molecule has 30 heavy (non-hydrogen) atoms. The molecule has 0 aliphatic carbocycles. The van der Waals surface area contributed by atoms with Crippen LogP contribution in [0.1, 0.15) is 18.4 Å². The molecule has 1 heterocycles. The summed E-state index contributed by atoms with van der Waals surface area (Å²) < 4.78 is 6.03. The number of likely N-dealkylation sites (tertiary alicyclic amines) is 1. The van der Waals surface area contributed by atoms with Gasteiger partial charge in [-0.25, -0.2) is 0 Å². The monoisotopic (exact) mass is 449 g/mol. The number of hydrogen-bond acceptors (Lipinski definition) is 4. The predicted molar refractivity (Wildman–Crippen MR) is 124 cm³/mol. The smallest absolute Gasteiger partial charge is 0.224 e. The summed E-state index contributed by atoms with van der Waals surface area (Å²) in [5.74, 6) is 0.819. The standard InChI is InChI=1S/C23H29Cl2N3O2/c1-27(2)18-5-3-17(4-6-18)15-23(29)26-11-14-28-12-9-19(10-13-28)30-20-7-8-21(24)22(25)16-20/h3-8,16,19H,9-15H2,1-2H3,(H,26,29). The molecule has 1 saturated heterocycles. The zero-order chi connectivity index (χ0) is 21.5. The Morgan fingerprint density at radius 1 is 1.10 bits per heavy atom. The fourth-order valence-electron chi connectivity index (χ4n) is 3.51. The Labute approximate surface area is 188 Å². The van der Waals surface area contributed by atoms with Crippen LogP contribution < -0.4 is 15.0 Å². The largest absolute Gasteiger partial charge is 0.490 e. The van der Waals surface area contributed by atoms with E-state index in [-0.39, 0.29) is 12.0 Å². The first kappa shape index (κ1) is 22.7. The predicted octanol–water partition coefficient (Wildman–Crippen LogP) is 4.26. The van der Waals surface area contributed by atoms with Gasteiger partial charge in [-0.1, -0.05) is 35.3 Å². The number of piperidine rings is 1. The molecule has 0 radical (unpaired) electrons. The van der Waals surface area contributed by atoms with Crippen molar-refractivity contribution in [3.05, 3.63) is 58.1 Å². The van der Waals surface area contributed by atoms with Crippen LogP contribution in [-0.4, -0.2) is 57.2 Å². The first-order chi connectivity index (χ1) is 14.4. The molecule has 0 bridgehead atoms. The summed E-state index contributed by atoms with van der Waals surface area (Å²) in [6.07, 6.45) is 2.49. The molecule has 2 aromatic carbocycles. The highest BCUT2D eigenvalue weighted by molar-refractivity contribution is 6.42. The van der Waals surface area contributed by atoms with Gasteiger partial charge >= 0.3 is 0 Å². The van der Waals surface area contributed by atoms with Crippen LogP contribution in [0.3, 0.4) is 0 Å². The zero-order valence-corrected chi connectivity index (χ0v) is 19.0. The molecular weight excluding hydrogens is 421 g/mol. The molecule has 3 rings (SSSR count). The summed E-state index contributed by atoms with van der Waals surface area (Å²) in [6, 6.07) is 13.5. The molecule has 0 spiro atoms. The van der Waals surface area contributed by atoms with Crippen molar-refractivity contribution in [2.75, 3.05) is 45.2 Å². The number of ether oxygens (including phenoxy) is 1. The molecule has 0 aromatic heterocycles. The van der Waals surface area contributed by atoms with Crippen LogP contribution in [0.4, 0.5) is 5.69 Å². The van der Waals surface area contributed by atoms with Crippen molar-refractivity contribution in [3.63, 3.8) is 0 Å². The van der Waals surface area contributed by atoms with Gasteiger partial charge < -0.3 is 19.9 Å². The van der Waals surface area contributed by atoms with Crippen LogP contribution in [0, 0.1) is 0 Å². The third-order valence-electron chi connectivity index (χ3n) is 5.30. The number of carbonyl (C=O) groups excluding carboxylic acids is 1. The number of amides is 1. The molecule has 2 aromatic rings. The zero-order valence-electron chi connectivity index (χ0n) is 17.5. The Morgan fingerprint density at radius 3 is 2.43 bits per heavy atom. The minimum Gasteiger partial charge on any atom is -0.490 e. The number of nitrogens with zero attached hydrogens (tertiary/aromatic N) is 2. The number of carbonyl (C=O) groups is 1. The van der Waals surface area contributed by atoms with E-state index in [1.807, 2.05) is 49.3 Å². The fraction of sp³-hybridized carbons (Fsp3) is 0.435. The molecular formula is C23H29Cl2N3O2. The highest BCUT2D eigenvalue weighted by Gasteiger charge is 2.20. The molecule has 7 heteroatoms. The molecule has 162 valence electrons. The molecule has 0 atom stereocenters. The maximum atomic E-state index is 12.2. The summed E-state index contributed by atoms with van der Waals surface area (Å²) >= 11 is 12.0. The van der Waals surface area contributed by atoms with Gasteiger partial charge in [-0.15, -0.1) is 0 Å². The van der Waals surface area contributed by atoms with E-state index in [0.29, 0.717) is 23.0 Å². The van der Waals surface area contributed by atoms with Crippen molar-refractivity contribution in [2.24, 2.45) is 0 Å². The lowest BCUT2D eigenvalue weighted by atomic mass is 10.1. The highest BCUT2D eigenvalue weighted by atomic mass is 35.5. The summed E-state index contributed by atoms with van der Waals surface area (Å²) in [7, 11) is 4.01. The highest BCUT2D eigenvalue weighted by Crippen LogP contribution is 2.28. The van der Waals surface area contributed by atoms with E-state index in [2.05, 4.69) is 10.2 Å². The van der Waals surface area contributed by atoms with Crippen LogP contribution in [0.2, 0.25) is 10.0 Å². The van der Waals surface area contributed by atoms with E-state index < -0.39 is 0 Å². The van der Waals surface area contributed by atoms with Gasteiger partial charge in [0.2, 0.25) is 5.91 Å². The first-order valence-corrected chi connectivity index (χ1v) is 11.0. The fourth-order valence-corrected chi connectivity index (χ4v) is 3.79. The van der Waals surface area contributed by atoms with Crippen LogP contribution in [-0.2, 0) is 11.2 Å². The lowest BCUT2D eigenvalue weighted by molar-refractivity contribution is -0.120. The van der Waals surface area contributed by atoms with Crippen LogP contribution in [0.5, 0.6) is 5.75 Å². The second-order valence-corrected chi connectivity index (χ2v) is 8.64. The van der Waals surface area contributed by atoms with E-state index in [4.69, 9.17) is 27.9 Å². The van der Waals surface area contributed by atoms with Gasteiger partial charge in [0, 0.05) is 52.0 Å². The molecule has 1 N–H and O–H groups in total. The van der Waals surface area contributed by atoms with Gasteiger partial charge in [0.15, 0.2) is 0 Å². The average Bonchev–Trinajstić information content (AvgIpc) is 2.72. The summed E-state index contributed by atoms with van der Waals surface area (Å²) in [5.41, 5.74) is 2.16. The Balaban J connectivity index is 1.33. The number of anilines is 1. The third kappa shape index (κ3) is 6.79. The van der Waals surface area contributed by atoms with E-state index in [9.17, 15) is 4.79 Å². The molecule has 1 amide bonds. The van der Waals surface area contributed by atoms with E-state index in [0.717, 1.165) is 49.5 Å². The Kier molecular flexibility index (Phi) is 8.25. The summed E-state index contributed by atoms with van der Waals surface area (Å²) in [4.78, 5) is 16.6. The van der Waals surface area contributed by atoms with Crippen molar-refractivity contribution in [3.8, 4) is 5.75 Å². The normalized spacial score (nSPS) is 15.1. The summed E-state index contributed by atoms with van der Waals surface area (Å²) in [6.45, 7) is 3.42. The minimum atomic E-state index is 0.0606. The van der Waals surface area contributed by atoms with Crippen molar-refractivity contribution in [1.82, 2.24) is 10.2 Å². The molecule has 0 unspecified atom stereocenters. The molecule has 1 fully saturated rings. The van der Waals surface area contributed by atoms with Crippen LogP contribution >= 0.6 is 23.2 Å². The van der Waals surface area contributed by atoms with Crippen molar-refractivity contribution >= 4 is 34.8 Å². The second-order valence-electron chi connectivity index (χ2n) is 7.82. The van der Waals surface area contributed by atoms with E-state index >= 15 is 0 Å². The lowest BCUT2D eigenvalue weighted by Gasteiger charge is -2.32. The van der Waals surface area contributed by atoms with Gasteiger partial charge in [0.25, 0.3) is 0 Å². The van der Waals surface area contributed by atoms with Crippen molar-refractivity contribution in [1.29, 1.82) is 0 Å². The first-order valence-electron chi connectivity index (χ1n) is 10.3. The summed E-state index contributed by atoms with van der Waals surface area (Å²) in [5, 5.41) is 4.07. The number of nitrogens with one attached hydrogen (secondary N) is 1. The molecule has 5 nitrogen and oxygen atoms in total. The third-order valence-corrected chi connectivity index (χ3v) is 6.04. The van der Waals surface area contributed by atoms with E-state index in [1.54, 1.807) is 12.1 Å². The number of rotatable bonds is 8. The molecule has 1 aliphatic rings. The Morgan fingerprint density at radius 2 is 1.80 bits per heavy atom.